The van der Waals surface area contributed by atoms with Crippen LogP contribution in [-0.4, -0.2) is 63.1 Å². The summed E-state index contributed by atoms with van der Waals surface area (Å²) in [5.74, 6) is 1.72. The van der Waals surface area contributed by atoms with Crippen LogP contribution in [0, 0.1) is 0 Å². The Morgan fingerprint density at radius 2 is 0.698 bits per heavy atom. The van der Waals surface area contributed by atoms with E-state index in [-0.39, 0.29) is 0 Å². The molecule has 6 nitrogen and oxygen atoms in total. The normalized spacial score (nSPS) is 12.8. The predicted octanol–water partition coefficient (Wildman–Crippen LogP) is 13.4. The lowest BCUT2D eigenvalue weighted by atomic mass is 9.67. The third-order valence-electron chi connectivity index (χ3n) is 12.8. The van der Waals surface area contributed by atoms with E-state index in [1.54, 1.807) is 0 Å². The van der Waals surface area contributed by atoms with Gasteiger partial charge in [-0.05, 0) is 117 Å². The molecule has 0 heterocycles. The first-order valence-corrected chi connectivity index (χ1v) is 24.1. The fourth-order valence-corrected chi connectivity index (χ4v) is 9.51. The first kappa shape index (κ1) is 46.3. The molecule has 7 rings (SSSR count). The van der Waals surface area contributed by atoms with Gasteiger partial charge in [0.15, 0.2) is 0 Å². The van der Waals surface area contributed by atoms with Crippen LogP contribution in [0.15, 0.2) is 121 Å². The Labute approximate surface area is 376 Å². The van der Waals surface area contributed by atoms with Crippen molar-refractivity contribution in [2.24, 2.45) is 0 Å². The van der Waals surface area contributed by atoms with E-state index in [1.165, 1.54) is 108 Å². The average Bonchev–Trinajstić information content (AvgIpc) is 3.62. The molecule has 2 N–H and O–H groups in total. The van der Waals surface area contributed by atoms with Gasteiger partial charge in [-0.25, -0.2) is 0 Å². The number of fused-ring (bicyclic) bond motifs is 5. The maximum atomic E-state index is 8.92. The second-order valence-electron chi connectivity index (χ2n) is 17.3. The molecule has 0 fully saturated rings. The lowest BCUT2D eigenvalue weighted by Crippen LogP contribution is -2.28. The van der Waals surface area contributed by atoms with Gasteiger partial charge in [-0.15, -0.1) is 0 Å². The quantitative estimate of drug-likeness (QED) is 0.0439. The topological polar surface area (TPSA) is 77.4 Å². The summed E-state index contributed by atoms with van der Waals surface area (Å²) in [4.78, 5) is 0. The van der Waals surface area contributed by atoms with E-state index in [0.717, 1.165) is 74.0 Å². The number of benzene rings is 6. The number of rotatable bonds is 30. The number of ether oxygens (including phenoxy) is 4. The van der Waals surface area contributed by atoms with Crippen molar-refractivity contribution in [3.05, 3.63) is 144 Å². The van der Waals surface area contributed by atoms with Crippen molar-refractivity contribution in [1.29, 1.82) is 0 Å². The molecule has 0 atom stereocenters. The van der Waals surface area contributed by atoms with E-state index in [0.29, 0.717) is 39.6 Å². The molecule has 0 aromatic heterocycles. The molecule has 0 bridgehead atoms. The van der Waals surface area contributed by atoms with Crippen molar-refractivity contribution < 1.29 is 29.2 Å². The zero-order valence-corrected chi connectivity index (χ0v) is 37.5. The highest BCUT2D eigenvalue weighted by molar-refractivity contribution is 5.92. The van der Waals surface area contributed by atoms with E-state index in [4.69, 9.17) is 29.2 Å². The van der Waals surface area contributed by atoms with Gasteiger partial charge in [0.1, 0.15) is 24.7 Å². The van der Waals surface area contributed by atoms with Crippen LogP contribution in [0.2, 0.25) is 0 Å². The third-order valence-corrected chi connectivity index (χ3v) is 12.8. The van der Waals surface area contributed by atoms with Crippen LogP contribution < -0.4 is 9.47 Å². The smallest absolute Gasteiger partial charge is 0.120 e. The molecule has 334 valence electrons. The van der Waals surface area contributed by atoms with Gasteiger partial charge in [0, 0.05) is 26.4 Å². The molecule has 6 aromatic rings. The highest BCUT2D eigenvalue weighted by Gasteiger charge is 2.46. The minimum atomic E-state index is -0.505. The van der Waals surface area contributed by atoms with Gasteiger partial charge in [-0.3, -0.25) is 0 Å². The molecular formula is C57H70O6. The molecule has 6 heteroatoms. The zero-order valence-electron chi connectivity index (χ0n) is 37.5. The molecule has 1 aliphatic rings. The Hall–Kier alpha value is -4.72. The Morgan fingerprint density at radius 3 is 1.13 bits per heavy atom. The Kier molecular flexibility index (Phi) is 18.3. The standard InChI is InChI=1S/C57H70O6/c58-33-17-9-5-1-3-7-11-19-35-60-37-39-62-51-31-27-45-41-49(29-25-47(45)43-51)57(55-23-15-13-21-53(55)54-22-14-16-24-56(54)57)50-30-26-48-44-52(32-28-46(48)42-50)63-40-38-61-36-20-12-8-4-2-6-10-18-34-59/h13-16,21-32,41-44,58-59H,1-12,17-20,33-40H2. The first-order chi connectivity index (χ1) is 31.2. The van der Waals surface area contributed by atoms with Crippen LogP contribution in [0.5, 0.6) is 11.5 Å². The molecule has 6 aromatic carbocycles. The van der Waals surface area contributed by atoms with Crippen LogP contribution in [0.4, 0.5) is 0 Å². The second kappa shape index (κ2) is 24.9. The molecule has 0 saturated carbocycles. The van der Waals surface area contributed by atoms with Gasteiger partial charge in [0.25, 0.3) is 0 Å². The van der Waals surface area contributed by atoms with Crippen molar-refractivity contribution in [3.8, 4) is 22.6 Å². The maximum Gasteiger partial charge on any atom is 0.120 e. The Morgan fingerprint density at radius 1 is 0.333 bits per heavy atom. The van der Waals surface area contributed by atoms with Crippen molar-refractivity contribution in [3.63, 3.8) is 0 Å². The zero-order chi connectivity index (χ0) is 43.4. The molecule has 1 aliphatic carbocycles. The second-order valence-corrected chi connectivity index (χ2v) is 17.3. The van der Waals surface area contributed by atoms with E-state index < -0.39 is 5.41 Å². The van der Waals surface area contributed by atoms with Crippen LogP contribution >= 0.6 is 0 Å². The fraction of sp³-hybridized carbons (Fsp3) is 0.439. The summed E-state index contributed by atoms with van der Waals surface area (Å²) in [6.45, 7) is 4.42. The van der Waals surface area contributed by atoms with Gasteiger partial charge in [0.2, 0.25) is 0 Å². The Balaban J connectivity index is 0.985. The van der Waals surface area contributed by atoms with Crippen LogP contribution in [0.25, 0.3) is 32.7 Å². The monoisotopic (exact) mass is 851 g/mol. The van der Waals surface area contributed by atoms with E-state index in [1.807, 2.05) is 0 Å². The van der Waals surface area contributed by atoms with Crippen LogP contribution in [0.1, 0.15) is 125 Å². The molecule has 0 unspecified atom stereocenters. The fourth-order valence-electron chi connectivity index (χ4n) is 9.51. The first-order valence-electron chi connectivity index (χ1n) is 24.1. The number of aliphatic hydroxyl groups excluding tert-OH is 2. The summed E-state index contributed by atoms with van der Waals surface area (Å²) < 4.78 is 24.1. The lowest BCUT2D eigenvalue weighted by Gasteiger charge is -2.34. The van der Waals surface area contributed by atoms with Crippen molar-refractivity contribution >= 4 is 21.5 Å². The van der Waals surface area contributed by atoms with Crippen molar-refractivity contribution in [2.75, 3.05) is 52.9 Å². The molecule has 0 aliphatic heterocycles. The van der Waals surface area contributed by atoms with Crippen LogP contribution in [0.3, 0.4) is 0 Å². The summed E-state index contributed by atoms with van der Waals surface area (Å²) in [6, 6.07) is 44.6. The van der Waals surface area contributed by atoms with E-state index in [9.17, 15) is 0 Å². The summed E-state index contributed by atoms with van der Waals surface area (Å²) >= 11 is 0. The minimum Gasteiger partial charge on any atom is -0.491 e. The van der Waals surface area contributed by atoms with E-state index in [2.05, 4.69) is 121 Å². The lowest BCUT2D eigenvalue weighted by molar-refractivity contribution is 0.0971. The van der Waals surface area contributed by atoms with Crippen molar-refractivity contribution in [1.82, 2.24) is 0 Å². The van der Waals surface area contributed by atoms with Gasteiger partial charge in [0.05, 0.1) is 18.6 Å². The van der Waals surface area contributed by atoms with Gasteiger partial charge >= 0.3 is 0 Å². The van der Waals surface area contributed by atoms with Crippen LogP contribution in [-0.2, 0) is 14.9 Å². The van der Waals surface area contributed by atoms with Gasteiger partial charge in [-0.1, -0.05) is 162 Å². The number of hydrogen-bond acceptors (Lipinski definition) is 6. The maximum absolute atomic E-state index is 8.92. The minimum absolute atomic E-state index is 0.315. The molecule has 0 radical (unpaired) electrons. The molecule has 63 heavy (non-hydrogen) atoms. The molecular weight excluding hydrogens is 781 g/mol. The molecule has 0 saturated heterocycles. The van der Waals surface area contributed by atoms with E-state index >= 15 is 0 Å². The highest BCUT2D eigenvalue weighted by Crippen LogP contribution is 2.56. The number of unbranched alkanes of at least 4 members (excludes halogenated alkanes) is 14. The highest BCUT2D eigenvalue weighted by atomic mass is 16.5. The SMILES string of the molecule is OCCCCCCCCCCOCCOc1ccc2cc(C3(c4ccc5cc(OCCOCCCCCCCCCCO)ccc5c4)c4ccccc4-c4ccccc43)ccc2c1. The predicted molar refractivity (Wildman–Crippen MR) is 259 cm³/mol. The number of hydrogen-bond donors (Lipinski definition) is 2. The summed E-state index contributed by atoms with van der Waals surface area (Å²) in [7, 11) is 0. The molecule has 0 amide bonds. The molecule has 0 spiro atoms. The average molecular weight is 851 g/mol. The summed E-state index contributed by atoms with van der Waals surface area (Å²) in [6.07, 6.45) is 18.8. The number of aliphatic hydroxyl groups is 2. The van der Waals surface area contributed by atoms with Gasteiger partial charge in [-0.2, -0.15) is 0 Å². The Bertz CT molecular complexity index is 2120. The third kappa shape index (κ3) is 12.3. The summed E-state index contributed by atoms with van der Waals surface area (Å²) in [5.41, 5.74) is 7.13. The van der Waals surface area contributed by atoms with Crippen molar-refractivity contribution in [2.45, 2.75) is 108 Å². The summed E-state index contributed by atoms with van der Waals surface area (Å²) in [5, 5.41) is 22.5. The van der Waals surface area contributed by atoms with Gasteiger partial charge < -0.3 is 29.2 Å². The largest absolute Gasteiger partial charge is 0.491 e.